The Morgan fingerprint density at radius 2 is 1.90 bits per heavy atom. The lowest BCUT2D eigenvalue weighted by atomic mass is 9.85. The Labute approximate surface area is 127 Å². The average Bonchev–Trinajstić information content (AvgIpc) is 2.60. The van der Waals surface area contributed by atoms with Crippen LogP contribution in [0.5, 0.6) is 0 Å². The smallest absolute Gasteiger partial charge is 0.263 e. The van der Waals surface area contributed by atoms with Gasteiger partial charge >= 0.3 is 0 Å². The van der Waals surface area contributed by atoms with Crippen LogP contribution in [0.25, 0.3) is 0 Å². The highest BCUT2D eigenvalue weighted by Gasteiger charge is 2.33. The van der Waals surface area contributed by atoms with Gasteiger partial charge in [-0.1, -0.05) is 26.0 Å². The maximum Gasteiger partial charge on any atom is 0.263 e. The lowest BCUT2D eigenvalue weighted by Crippen LogP contribution is -2.37. The Hall–Kier alpha value is -1.40. The lowest BCUT2D eigenvalue weighted by Gasteiger charge is -2.32. The largest absolute Gasteiger partial charge is 0.309 e. The molecule has 0 amide bonds. The van der Waals surface area contributed by atoms with Crippen molar-refractivity contribution in [2.24, 2.45) is 10.4 Å². The van der Waals surface area contributed by atoms with Gasteiger partial charge in [0.2, 0.25) is 0 Å². The fourth-order valence-electron chi connectivity index (χ4n) is 2.55. The van der Waals surface area contributed by atoms with E-state index in [-0.39, 0.29) is 11.5 Å². The van der Waals surface area contributed by atoms with Gasteiger partial charge in [0.05, 0.1) is 10.9 Å². The van der Waals surface area contributed by atoms with E-state index in [9.17, 15) is 8.42 Å². The number of nitrogens with one attached hydrogen (secondary N) is 1. The van der Waals surface area contributed by atoms with Crippen LogP contribution in [-0.2, 0) is 10.0 Å². The molecule has 1 N–H and O–H groups in total. The van der Waals surface area contributed by atoms with Gasteiger partial charge in [-0.3, -0.25) is 9.71 Å². The molecule has 5 nitrogen and oxygen atoms in total. The molecule has 1 aliphatic heterocycles. The molecule has 0 saturated heterocycles. The number of hydrogen-bond acceptors (Lipinski definition) is 4. The van der Waals surface area contributed by atoms with Crippen molar-refractivity contribution in [3.63, 3.8) is 0 Å². The van der Waals surface area contributed by atoms with Gasteiger partial charge in [-0.25, -0.2) is 8.42 Å². The van der Waals surface area contributed by atoms with E-state index in [1.54, 1.807) is 18.2 Å². The second kappa shape index (κ2) is 5.42. The topological polar surface area (TPSA) is 61.8 Å². The molecule has 0 saturated carbocycles. The number of nitrogens with zero attached hydrogens (tertiary/aromatic N) is 2. The van der Waals surface area contributed by atoms with Crippen molar-refractivity contribution in [3.05, 3.63) is 29.8 Å². The molecule has 0 aliphatic carbocycles. The molecule has 1 heterocycles. The predicted molar refractivity (Wildman–Crippen MR) is 85.1 cm³/mol. The number of amidine groups is 1. The minimum absolute atomic E-state index is 0.0104. The van der Waals surface area contributed by atoms with Crippen molar-refractivity contribution in [3.8, 4) is 0 Å². The van der Waals surface area contributed by atoms with Gasteiger partial charge in [0, 0.05) is 12.1 Å². The molecule has 1 aromatic rings. The third kappa shape index (κ3) is 3.27. The zero-order valence-electron chi connectivity index (χ0n) is 13.2. The zero-order chi connectivity index (χ0) is 15.8. The minimum Gasteiger partial charge on any atom is -0.309 e. The molecule has 1 aliphatic rings. The van der Waals surface area contributed by atoms with Crippen molar-refractivity contribution < 1.29 is 8.42 Å². The molecule has 1 atom stereocenters. The SMILES string of the molecule is CC(N=C1NS(=O)(=O)c2ccccc21)C(C)(C)CN(C)C. The first kappa shape index (κ1) is 16.0. The fourth-order valence-corrected chi connectivity index (χ4v) is 3.78. The third-order valence-electron chi connectivity index (χ3n) is 3.84. The van der Waals surface area contributed by atoms with Crippen LogP contribution in [0.15, 0.2) is 34.2 Å². The second-order valence-corrected chi connectivity index (χ2v) is 8.13. The first-order chi connectivity index (χ1) is 9.63. The molecule has 116 valence electrons. The summed E-state index contributed by atoms with van der Waals surface area (Å²) in [5, 5.41) is 0. The number of fused-ring (bicyclic) bond motifs is 1. The highest BCUT2D eigenvalue weighted by molar-refractivity contribution is 7.90. The van der Waals surface area contributed by atoms with Crippen LogP contribution in [0.4, 0.5) is 0 Å². The second-order valence-electron chi connectivity index (χ2n) is 6.48. The summed E-state index contributed by atoms with van der Waals surface area (Å²) in [6.07, 6.45) is 0. The van der Waals surface area contributed by atoms with Crippen molar-refractivity contribution in [1.82, 2.24) is 9.62 Å². The van der Waals surface area contributed by atoms with Crippen LogP contribution < -0.4 is 4.72 Å². The summed E-state index contributed by atoms with van der Waals surface area (Å²) in [6.45, 7) is 7.17. The van der Waals surface area contributed by atoms with Crippen LogP contribution in [0.2, 0.25) is 0 Å². The summed E-state index contributed by atoms with van der Waals surface area (Å²) in [7, 11) is 0.586. The van der Waals surface area contributed by atoms with E-state index in [1.165, 1.54) is 0 Å². The summed E-state index contributed by atoms with van der Waals surface area (Å²) in [6, 6.07) is 6.93. The molecule has 6 heteroatoms. The van der Waals surface area contributed by atoms with Gasteiger partial charge in [-0.2, -0.15) is 0 Å². The molecule has 1 unspecified atom stereocenters. The average molecular weight is 309 g/mol. The van der Waals surface area contributed by atoms with E-state index in [0.29, 0.717) is 16.3 Å². The highest BCUT2D eigenvalue weighted by atomic mass is 32.2. The quantitative estimate of drug-likeness (QED) is 0.921. The third-order valence-corrected chi connectivity index (χ3v) is 5.24. The number of aliphatic imine (C=N–C) groups is 1. The van der Waals surface area contributed by atoms with Crippen LogP contribution in [0, 0.1) is 5.41 Å². The van der Waals surface area contributed by atoms with Gasteiger partial charge in [0.1, 0.15) is 5.84 Å². The van der Waals surface area contributed by atoms with Crippen molar-refractivity contribution in [2.75, 3.05) is 20.6 Å². The van der Waals surface area contributed by atoms with Gasteiger partial charge in [0.15, 0.2) is 0 Å². The Morgan fingerprint density at radius 1 is 1.29 bits per heavy atom. The van der Waals surface area contributed by atoms with Crippen LogP contribution in [0.1, 0.15) is 26.3 Å². The molecule has 0 aromatic heterocycles. The van der Waals surface area contributed by atoms with Crippen molar-refractivity contribution in [2.45, 2.75) is 31.7 Å². The van der Waals surface area contributed by atoms with E-state index >= 15 is 0 Å². The molecule has 0 radical (unpaired) electrons. The summed E-state index contributed by atoms with van der Waals surface area (Å²) >= 11 is 0. The van der Waals surface area contributed by atoms with E-state index in [4.69, 9.17) is 0 Å². The maximum absolute atomic E-state index is 12.1. The summed E-state index contributed by atoms with van der Waals surface area (Å²) in [4.78, 5) is 7.06. The molecule has 1 aromatic carbocycles. The van der Waals surface area contributed by atoms with E-state index in [0.717, 1.165) is 6.54 Å². The minimum atomic E-state index is -3.46. The van der Waals surface area contributed by atoms with Crippen LogP contribution in [0.3, 0.4) is 0 Å². The monoisotopic (exact) mass is 309 g/mol. The molecule has 0 spiro atoms. The Balaban J connectivity index is 2.36. The maximum atomic E-state index is 12.1. The predicted octanol–water partition coefficient (Wildman–Crippen LogP) is 1.70. The molecule has 21 heavy (non-hydrogen) atoms. The molecule has 2 rings (SSSR count). The number of hydrogen-bond donors (Lipinski definition) is 1. The lowest BCUT2D eigenvalue weighted by molar-refractivity contribution is 0.209. The van der Waals surface area contributed by atoms with Crippen LogP contribution in [-0.4, -0.2) is 45.8 Å². The van der Waals surface area contributed by atoms with E-state index < -0.39 is 10.0 Å². The van der Waals surface area contributed by atoms with Crippen molar-refractivity contribution in [1.29, 1.82) is 0 Å². The van der Waals surface area contributed by atoms with Crippen molar-refractivity contribution >= 4 is 15.9 Å². The van der Waals surface area contributed by atoms with E-state index in [1.807, 2.05) is 27.1 Å². The summed E-state index contributed by atoms with van der Waals surface area (Å²) in [5.41, 5.74) is 0.601. The molecule has 0 fully saturated rings. The normalized spacial score (nSPS) is 20.4. The highest BCUT2D eigenvalue weighted by Crippen LogP contribution is 2.27. The van der Waals surface area contributed by atoms with E-state index in [2.05, 4.69) is 28.5 Å². The summed E-state index contributed by atoms with van der Waals surface area (Å²) < 4.78 is 26.7. The Bertz CT molecular complexity index is 663. The van der Waals surface area contributed by atoms with Gasteiger partial charge < -0.3 is 4.90 Å². The molecular formula is C15H23N3O2S. The number of benzene rings is 1. The number of rotatable bonds is 4. The summed E-state index contributed by atoms with van der Waals surface area (Å²) in [5.74, 6) is 0.449. The van der Waals surface area contributed by atoms with Gasteiger partial charge in [0.25, 0.3) is 10.0 Å². The molecular weight excluding hydrogens is 286 g/mol. The van der Waals surface area contributed by atoms with Gasteiger partial charge in [-0.15, -0.1) is 0 Å². The Kier molecular flexibility index (Phi) is 4.13. The molecule has 0 bridgehead atoms. The fraction of sp³-hybridized carbons (Fsp3) is 0.533. The first-order valence-corrected chi connectivity index (χ1v) is 8.46. The first-order valence-electron chi connectivity index (χ1n) is 6.98. The Morgan fingerprint density at radius 3 is 2.52 bits per heavy atom. The zero-order valence-corrected chi connectivity index (χ0v) is 14.0. The number of sulfonamides is 1. The standard InChI is InChI=1S/C15H23N3O2S/c1-11(15(2,3)10-18(4)5)16-14-12-8-6-7-9-13(12)21(19,20)17-14/h6-9,11H,10H2,1-5H3,(H,16,17). The van der Waals surface area contributed by atoms with Crippen LogP contribution >= 0.6 is 0 Å². The van der Waals surface area contributed by atoms with Gasteiger partial charge in [-0.05, 0) is 38.6 Å².